The van der Waals surface area contributed by atoms with Crippen LogP contribution in [-0.4, -0.2) is 12.0 Å². The van der Waals surface area contributed by atoms with Gasteiger partial charge in [-0.25, -0.2) is 4.98 Å². The maximum Gasteiger partial charge on any atom is 0.219 e. The Morgan fingerprint density at radius 1 is 1.20 bits per heavy atom. The molecule has 4 heteroatoms. The van der Waals surface area contributed by atoms with E-state index in [-0.39, 0.29) is 0 Å². The third-order valence-electron chi connectivity index (χ3n) is 2.84. The number of pyridine rings is 1. The SMILES string of the molecule is CCCc1cc(CNC)cc(Oc2ccc(Cl)cc2)n1. The lowest BCUT2D eigenvalue weighted by Gasteiger charge is -2.09. The summed E-state index contributed by atoms with van der Waals surface area (Å²) in [6.45, 7) is 2.95. The van der Waals surface area contributed by atoms with Gasteiger partial charge in [0.25, 0.3) is 0 Å². The second-order valence-corrected chi connectivity index (χ2v) is 5.08. The second-order valence-electron chi connectivity index (χ2n) is 4.64. The van der Waals surface area contributed by atoms with Crippen LogP contribution in [0.4, 0.5) is 0 Å². The molecular weight excluding hydrogens is 272 g/mol. The first-order chi connectivity index (χ1) is 9.71. The van der Waals surface area contributed by atoms with Gasteiger partial charge in [-0.2, -0.15) is 0 Å². The quantitative estimate of drug-likeness (QED) is 0.866. The van der Waals surface area contributed by atoms with Crippen molar-refractivity contribution in [3.8, 4) is 11.6 Å². The van der Waals surface area contributed by atoms with E-state index in [1.54, 1.807) is 12.1 Å². The molecule has 0 unspecified atom stereocenters. The van der Waals surface area contributed by atoms with Gasteiger partial charge in [0.15, 0.2) is 0 Å². The predicted octanol–water partition coefficient (Wildman–Crippen LogP) is 4.20. The van der Waals surface area contributed by atoms with Gasteiger partial charge < -0.3 is 10.1 Å². The van der Waals surface area contributed by atoms with Crippen molar-refractivity contribution >= 4 is 11.6 Å². The minimum atomic E-state index is 0.628. The van der Waals surface area contributed by atoms with Crippen LogP contribution in [-0.2, 0) is 13.0 Å². The smallest absolute Gasteiger partial charge is 0.219 e. The van der Waals surface area contributed by atoms with Crippen molar-refractivity contribution < 1.29 is 4.74 Å². The predicted molar refractivity (Wildman–Crippen MR) is 82.5 cm³/mol. The average molecular weight is 291 g/mol. The van der Waals surface area contributed by atoms with Crippen molar-refractivity contribution in [1.29, 1.82) is 0 Å². The third-order valence-corrected chi connectivity index (χ3v) is 3.09. The molecule has 1 aromatic carbocycles. The van der Waals surface area contributed by atoms with Crippen LogP contribution in [0, 0.1) is 0 Å². The molecule has 0 aliphatic carbocycles. The topological polar surface area (TPSA) is 34.1 Å². The summed E-state index contributed by atoms with van der Waals surface area (Å²) in [6.07, 6.45) is 2.02. The highest BCUT2D eigenvalue weighted by Gasteiger charge is 2.05. The number of halogens is 1. The van der Waals surface area contributed by atoms with Crippen molar-refractivity contribution in [2.45, 2.75) is 26.3 Å². The molecule has 1 heterocycles. The molecule has 0 atom stereocenters. The molecule has 0 fully saturated rings. The van der Waals surface area contributed by atoms with Crippen LogP contribution < -0.4 is 10.1 Å². The Morgan fingerprint density at radius 3 is 2.60 bits per heavy atom. The van der Waals surface area contributed by atoms with Crippen LogP contribution in [0.15, 0.2) is 36.4 Å². The standard InChI is InChI=1S/C16H19ClN2O/c1-3-4-14-9-12(11-18-2)10-16(19-14)20-15-7-5-13(17)6-8-15/h5-10,18H,3-4,11H2,1-2H3. The number of rotatable bonds is 6. The Labute approximate surface area is 124 Å². The van der Waals surface area contributed by atoms with Gasteiger partial charge in [0.2, 0.25) is 5.88 Å². The molecular formula is C16H19ClN2O. The first-order valence-electron chi connectivity index (χ1n) is 6.79. The summed E-state index contributed by atoms with van der Waals surface area (Å²) in [5.41, 5.74) is 2.24. The molecule has 0 radical (unpaired) electrons. The van der Waals surface area contributed by atoms with E-state index >= 15 is 0 Å². The number of aromatic nitrogens is 1. The first kappa shape index (κ1) is 14.8. The molecule has 0 saturated carbocycles. The fraction of sp³-hybridized carbons (Fsp3) is 0.312. The lowest BCUT2D eigenvalue weighted by atomic mass is 10.1. The van der Waals surface area contributed by atoms with E-state index in [1.807, 2.05) is 25.2 Å². The van der Waals surface area contributed by atoms with Crippen LogP contribution in [0.25, 0.3) is 0 Å². The molecule has 20 heavy (non-hydrogen) atoms. The normalized spacial score (nSPS) is 10.6. The highest BCUT2D eigenvalue weighted by Crippen LogP contribution is 2.23. The number of hydrogen-bond acceptors (Lipinski definition) is 3. The Balaban J connectivity index is 2.22. The summed E-state index contributed by atoms with van der Waals surface area (Å²) < 4.78 is 5.81. The Morgan fingerprint density at radius 2 is 1.95 bits per heavy atom. The lowest BCUT2D eigenvalue weighted by Crippen LogP contribution is -2.06. The molecule has 2 aromatic rings. The van der Waals surface area contributed by atoms with E-state index in [4.69, 9.17) is 16.3 Å². The van der Waals surface area contributed by atoms with E-state index in [0.29, 0.717) is 10.9 Å². The first-order valence-corrected chi connectivity index (χ1v) is 7.17. The Hall–Kier alpha value is -1.58. The Bertz CT molecular complexity index is 531. The summed E-state index contributed by atoms with van der Waals surface area (Å²) in [4.78, 5) is 4.54. The zero-order valence-corrected chi connectivity index (χ0v) is 12.6. The fourth-order valence-electron chi connectivity index (χ4n) is 1.99. The summed E-state index contributed by atoms with van der Waals surface area (Å²) in [5, 5.41) is 3.85. The van der Waals surface area contributed by atoms with E-state index in [2.05, 4.69) is 23.3 Å². The van der Waals surface area contributed by atoms with E-state index < -0.39 is 0 Å². The van der Waals surface area contributed by atoms with E-state index in [1.165, 1.54) is 5.56 Å². The largest absolute Gasteiger partial charge is 0.439 e. The van der Waals surface area contributed by atoms with Gasteiger partial charge >= 0.3 is 0 Å². The number of aryl methyl sites for hydroxylation is 1. The second kappa shape index (κ2) is 7.27. The number of ether oxygens (including phenoxy) is 1. The maximum absolute atomic E-state index is 5.87. The molecule has 0 aliphatic heterocycles. The summed E-state index contributed by atoms with van der Waals surface area (Å²) in [7, 11) is 1.93. The number of nitrogens with one attached hydrogen (secondary N) is 1. The highest BCUT2D eigenvalue weighted by atomic mass is 35.5. The molecule has 0 amide bonds. The van der Waals surface area contributed by atoms with Crippen molar-refractivity contribution in [2.24, 2.45) is 0 Å². The van der Waals surface area contributed by atoms with E-state index in [0.717, 1.165) is 30.8 Å². The summed E-state index contributed by atoms with van der Waals surface area (Å²) in [6, 6.07) is 11.4. The minimum absolute atomic E-state index is 0.628. The van der Waals surface area contributed by atoms with Crippen LogP contribution in [0.5, 0.6) is 11.6 Å². The molecule has 1 aromatic heterocycles. The lowest BCUT2D eigenvalue weighted by molar-refractivity contribution is 0.459. The maximum atomic E-state index is 5.87. The van der Waals surface area contributed by atoms with Crippen LogP contribution >= 0.6 is 11.6 Å². The molecule has 0 saturated heterocycles. The molecule has 0 bridgehead atoms. The number of nitrogens with zero attached hydrogens (tertiary/aromatic N) is 1. The average Bonchev–Trinajstić information content (AvgIpc) is 2.42. The van der Waals surface area contributed by atoms with Crippen molar-refractivity contribution in [2.75, 3.05) is 7.05 Å². The fourth-order valence-corrected chi connectivity index (χ4v) is 2.11. The Kier molecular flexibility index (Phi) is 5.39. The van der Waals surface area contributed by atoms with Crippen LogP contribution in [0.2, 0.25) is 5.02 Å². The summed E-state index contributed by atoms with van der Waals surface area (Å²) >= 11 is 5.87. The number of benzene rings is 1. The highest BCUT2D eigenvalue weighted by molar-refractivity contribution is 6.30. The van der Waals surface area contributed by atoms with Crippen LogP contribution in [0.1, 0.15) is 24.6 Å². The molecule has 106 valence electrons. The monoisotopic (exact) mass is 290 g/mol. The molecule has 0 spiro atoms. The van der Waals surface area contributed by atoms with Gasteiger partial charge in [0.05, 0.1) is 0 Å². The van der Waals surface area contributed by atoms with Gasteiger partial charge in [-0.05, 0) is 49.4 Å². The summed E-state index contributed by atoms with van der Waals surface area (Å²) in [5.74, 6) is 1.37. The molecule has 2 rings (SSSR count). The van der Waals surface area contributed by atoms with Gasteiger partial charge in [-0.3, -0.25) is 0 Å². The van der Waals surface area contributed by atoms with Gasteiger partial charge in [-0.15, -0.1) is 0 Å². The van der Waals surface area contributed by atoms with Crippen molar-refractivity contribution in [3.63, 3.8) is 0 Å². The van der Waals surface area contributed by atoms with Gasteiger partial charge in [0.1, 0.15) is 5.75 Å². The zero-order valence-electron chi connectivity index (χ0n) is 11.8. The molecule has 0 aliphatic rings. The zero-order chi connectivity index (χ0) is 14.4. The molecule has 1 N–H and O–H groups in total. The van der Waals surface area contributed by atoms with Gasteiger partial charge in [0, 0.05) is 23.3 Å². The van der Waals surface area contributed by atoms with Crippen molar-refractivity contribution in [1.82, 2.24) is 10.3 Å². The minimum Gasteiger partial charge on any atom is -0.439 e. The van der Waals surface area contributed by atoms with E-state index in [9.17, 15) is 0 Å². The number of hydrogen-bond donors (Lipinski definition) is 1. The molecule has 3 nitrogen and oxygen atoms in total. The third kappa shape index (κ3) is 4.22. The van der Waals surface area contributed by atoms with Crippen molar-refractivity contribution in [3.05, 3.63) is 52.7 Å². The van der Waals surface area contributed by atoms with Gasteiger partial charge in [-0.1, -0.05) is 24.9 Å². The van der Waals surface area contributed by atoms with Crippen LogP contribution in [0.3, 0.4) is 0 Å².